The molecule has 0 aromatic heterocycles. The highest BCUT2D eigenvalue weighted by Crippen LogP contribution is 2.19. The lowest BCUT2D eigenvalue weighted by Gasteiger charge is -2.24. The number of nitrogens with zero attached hydrogens (tertiary/aromatic N) is 1. The summed E-state index contributed by atoms with van der Waals surface area (Å²) in [6.45, 7) is 0.660. The molecule has 0 atom stereocenters. The van der Waals surface area contributed by atoms with Crippen molar-refractivity contribution < 1.29 is 18.1 Å². The van der Waals surface area contributed by atoms with E-state index in [1.807, 2.05) is 0 Å². The minimum Gasteiger partial charge on any atom is -0.377 e. The molecule has 0 radical (unpaired) electrons. The van der Waals surface area contributed by atoms with Crippen molar-refractivity contribution in [2.45, 2.75) is 141 Å². The van der Waals surface area contributed by atoms with E-state index in [-0.39, 0.29) is 0 Å². The van der Waals surface area contributed by atoms with E-state index in [4.69, 9.17) is 13.3 Å². The number of aliphatic imine (C=N–C) groups is 1. The molecule has 196 valence electrons. The van der Waals surface area contributed by atoms with Crippen molar-refractivity contribution in [1.29, 1.82) is 0 Å². The Kier molecular flexibility index (Phi) is 25.7. The number of hydrogen-bond acceptors (Lipinski definition) is 5. The van der Waals surface area contributed by atoms with Gasteiger partial charge in [-0.1, -0.05) is 122 Å². The molecule has 0 N–H and O–H groups in total. The van der Waals surface area contributed by atoms with Gasteiger partial charge < -0.3 is 13.3 Å². The molecule has 0 aliphatic heterocycles. The van der Waals surface area contributed by atoms with Gasteiger partial charge in [-0.2, -0.15) is 0 Å². The molecule has 5 nitrogen and oxygen atoms in total. The van der Waals surface area contributed by atoms with Crippen LogP contribution in [0.3, 0.4) is 0 Å². The summed E-state index contributed by atoms with van der Waals surface area (Å²) < 4.78 is 16.4. The molecule has 0 aliphatic carbocycles. The summed E-state index contributed by atoms with van der Waals surface area (Å²) in [5.41, 5.74) is 0. The van der Waals surface area contributed by atoms with E-state index in [0.717, 1.165) is 18.9 Å². The second-order valence-corrected chi connectivity index (χ2v) is 12.5. The highest BCUT2D eigenvalue weighted by atomic mass is 28.4. The smallest absolute Gasteiger partial charge is 0.377 e. The molecule has 0 rings (SSSR count). The largest absolute Gasteiger partial charge is 0.500 e. The van der Waals surface area contributed by atoms with Crippen molar-refractivity contribution in [2.24, 2.45) is 4.99 Å². The SMILES string of the molecule is CO[Si](CCCCCCCCCCCCCCCCCCCCCCCN=C=O)(OC)OC. The maximum absolute atomic E-state index is 9.96. The van der Waals surface area contributed by atoms with Gasteiger partial charge in [0.2, 0.25) is 6.08 Å². The summed E-state index contributed by atoms with van der Waals surface area (Å²) in [5.74, 6) is 0. The average Bonchev–Trinajstić information content (AvgIpc) is 2.84. The van der Waals surface area contributed by atoms with E-state index in [0.29, 0.717) is 6.54 Å². The molecule has 0 amide bonds. The van der Waals surface area contributed by atoms with E-state index in [1.54, 1.807) is 27.4 Å². The molecule has 0 unspecified atom stereocenters. The summed E-state index contributed by atoms with van der Waals surface area (Å²) in [4.78, 5) is 13.6. The second-order valence-electron chi connectivity index (χ2n) is 9.44. The molecule has 0 spiro atoms. The molecule has 0 fully saturated rings. The summed E-state index contributed by atoms with van der Waals surface area (Å²) in [5, 5.41) is 0. The van der Waals surface area contributed by atoms with Gasteiger partial charge >= 0.3 is 8.80 Å². The number of hydrogen-bond donors (Lipinski definition) is 0. The topological polar surface area (TPSA) is 57.1 Å². The monoisotopic (exact) mass is 485 g/mol. The fourth-order valence-electron chi connectivity index (χ4n) is 4.49. The lowest BCUT2D eigenvalue weighted by atomic mass is 10.0. The van der Waals surface area contributed by atoms with Gasteiger partial charge in [0.15, 0.2) is 0 Å². The van der Waals surface area contributed by atoms with Crippen LogP contribution in [0.15, 0.2) is 4.99 Å². The van der Waals surface area contributed by atoms with Gasteiger partial charge in [-0.05, 0) is 12.8 Å². The first-order chi connectivity index (χ1) is 16.2. The third kappa shape index (κ3) is 21.7. The minimum atomic E-state index is -2.35. The van der Waals surface area contributed by atoms with Crippen molar-refractivity contribution >= 4 is 14.9 Å². The van der Waals surface area contributed by atoms with Crippen LogP contribution < -0.4 is 0 Å². The van der Waals surface area contributed by atoms with Gasteiger partial charge in [0, 0.05) is 27.4 Å². The Balaban J connectivity index is 3.16. The molecule has 0 saturated carbocycles. The minimum absolute atomic E-state index is 0.660. The predicted molar refractivity (Wildman–Crippen MR) is 142 cm³/mol. The highest BCUT2D eigenvalue weighted by molar-refractivity contribution is 6.60. The van der Waals surface area contributed by atoms with Gasteiger partial charge in [-0.3, -0.25) is 0 Å². The zero-order chi connectivity index (χ0) is 24.3. The Labute approximate surface area is 206 Å². The van der Waals surface area contributed by atoms with Crippen molar-refractivity contribution in [1.82, 2.24) is 0 Å². The number of rotatable bonds is 27. The molecule has 33 heavy (non-hydrogen) atoms. The van der Waals surface area contributed by atoms with Crippen molar-refractivity contribution in [2.75, 3.05) is 27.9 Å². The maximum Gasteiger partial charge on any atom is 0.500 e. The summed E-state index contributed by atoms with van der Waals surface area (Å²) in [7, 11) is 2.75. The van der Waals surface area contributed by atoms with Crippen molar-refractivity contribution in [3.8, 4) is 0 Å². The van der Waals surface area contributed by atoms with Gasteiger partial charge in [0.05, 0.1) is 6.54 Å². The van der Waals surface area contributed by atoms with Crippen LogP contribution in [0, 0.1) is 0 Å². The number of isocyanates is 1. The average molecular weight is 486 g/mol. The summed E-state index contributed by atoms with van der Waals surface area (Å²) in [6, 6.07) is 0.929. The molecule has 0 bridgehead atoms. The van der Waals surface area contributed by atoms with Gasteiger partial charge in [-0.15, -0.1) is 0 Å². The van der Waals surface area contributed by atoms with E-state index in [9.17, 15) is 4.79 Å². The van der Waals surface area contributed by atoms with Crippen LogP contribution in [-0.2, 0) is 18.1 Å². The van der Waals surface area contributed by atoms with E-state index >= 15 is 0 Å². The van der Waals surface area contributed by atoms with E-state index in [1.165, 1.54) is 122 Å². The first-order valence-electron chi connectivity index (χ1n) is 13.9. The van der Waals surface area contributed by atoms with Crippen LogP contribution >= 0.6 is 0 Å². The lowest BCUT2D eigenvalue weighted by Crippen LogP contribution is -2.42. The Hall–Kier alpha value is -0.523. The number of unbranched alkanes of at least 4 members (excludes halogenated alkanes) is 20. The first-order valence-corrected chi connectivity index (χ1v) is 15.9. The second kappa shape index (κ2) is 26.1. The first kappa shape index (κ1) is 32.5. The normalized spacial score (nSPS) is 11.6. The fraction of sp³-hybridized carbons (Fsp3) is 0.963. The standard InChI is InChI=1S/C27H55NO4Si/c1-30-33(31-2,32-3)26-24-22-20-18-16-14-12-10-8-6-4-5-7-9-11-13-15-17-19-21-23-25-28-27-29/h4-26H2,1-3H3. The van der Waals surface area contributed by atoms with Crippen LogP contribution in [0.5, 0.6) is 0 Å². The highest BCUT2D eigenvalue weighted by Gasteiger charge is 2.36. The molecule has 0 aliphatic rings. The van der Waals surface area contributed by atoms with Crippen LogP contribution in [0.2, 0.25) is 6.04 Å². The van der Waals surface area contributed by atoms with Crippen LogP contribution in [0.1, 0.15) is 135 Å². The summed E-state index contributed by atoms with van der Waals surface area (Å²) >= 11 is 0. The lowest BCUT2D eigenvalue weighted by molar-refractivity contribution is 0.122. The van der Waals surface area contributed by atoms with Crippen molar-refractivity contribution in [3.63, 3.8) is 0 Å². The quantitative estimate of drug-likeness (QED) is 0.0507. The predicted octanol–water partition coefficient (Wildman–Crippen LogP) is 8.39. The van der Waals surface area contributed by atoms with Crippen LogP contribution in [0.4, 0.5) is 0 Å². The Morgan fingerprint density at radius 3 is 1.03 bits per heavy atom. The fourth-order valence-corrected chi connectivity index (χ4v) is 6.29. The molecule has 0 aromatic rings. The molecule has 0 heterocycles. The Bertz CT molecular complexity index is 432. The van der Waals surface area contributed by atoms with Gasteiger partial charge in [-0.25, -0.2) is 9.79 Å². The number of carbonyl (C=O) groups excluding carboxylic acids is 1. The molecule has 0 aromatic carbocycles. The molecular weight excluding hydrogens is 430 g/mol. The third-order valence-corrected chi connectivity index (χ3v) is 9.58. The van der Waals surface area contributed by atoms with Crippen LogP contribution in [0.25, 0.3) is 0 Å². The third-order valence-electron chi connectivity index (χ3n) is 6.75. The Morgan fingerprint density at radius 2 is 0.758 bits per heavy atom. The molecule has 0 saturated heterocycles. The molecular formula is C27H55NO4Si. The van der Waals surface area contributed by atoms with Crippen molar-refractivity contribution in [3.05, 3.63) is 0 Å². The summed E-state index contributed by atoms with van der Waals surface area (Å²) in [6.07, 6.45) is 29.9. The van der Waals surface area contributed by atoms with E-state index in [2.05, 4.69) is 4.99 Å². The maximum atomic E-state index is 9.96. The Morgan fingerprint density at radius 1 is 0.485 bits per heavy atom. The van der Waals surface area contributed by atoms with Gasteiger partial charge in [0.1, 0.15) is 0 Å². The van der Waals surface area contributed by atoms with Gasteiger partial charge in [0.25, 0.3) is 0 Å². The molecule has 6 heteroatoms. The zero-order valence-electron chi connectivity index (χ0n) is 22.3. The van der Waals surface area contributed by atoms with Crippen LogP contribution in [-0.4, -0.2) is 42.8 Å². The zero-order valence-corrected chi connectivity index (χ0v) is 23.3. The van der Waals surface area contributed by atoms with E-state index < -0.39 is 8.80 Å².